The van der Waals surface area contributed by atoms with Gasteiger partial charge < -0.3 is 15.4 Å². The van der Waals surface area contributed by atoms with E-state index in [4.69, 9.17) is 4.74 Å². The molecule has 0 aliphatic carbocycles. The predicted molar refractivity (Wildman–Crippen MR) is 66.9 cm³/mol. The second-order valence-corrected chi connectivity index (χ2v) is 3.24. The van der Waals surface area contributed by atoms with Crippen LogP contribution in [0.1, 0.15) is 12.5 Å². The summed E-state index contributed by atoms with van der Waals surface area (Å²) in [6.45, 7) is 2.80. The molecule has 0 saturated carbocycles. The number of carbonyl (C=O) groups excluding carboxylic acids is 1. The van der Waals surface area contributed by atoms with Crippen molar-refractivity contribution in [1.82, 2.24) is 10.6 Å². The Morgan fingerprint density at radius 1 is 1.29 bits per heavy atom. The number of hydrogen-bond acceptors (Lipinski definition) is 2. The Balaban J connectivity index is 2.40. The van der Waals surface area contributed by atoms with E-state index in [0.29, 0.717) is 13.1 Å². The van der Waals surface area contributed by atoms with Gasteiger partial charge in [-0.3, -0.25) is 0 Å². The molecule has 0 radical (unpaired) electrons. The lowest BCUT2D eigenvalue weighted by atomic mass is 10.2. The van der Waals surface area contributed by atoms with Crippen LogP contribution in [0.3, 0.4) is 0 Å². The van der Waals surface area contributed by atoms with Crippen LogP contribution in [-0.4, -0.2) is 26.2 Å². The van der Waals surface area contributed by atoms with Gasteiger partial charge in [-0.2, -0.15) is 0 Å². The minimum atomic E-state index is -0.198. The Labute approximate surface area is 101 Å². The molecule has 0 unspecified atom stereocenters. The van der Waals surface area contributed by atoms with Gasteiger partial charge in [-0.15, -0.1) is 0 Å². The van der Waals surface area contributed by atoms with E-state index in [0.717, 1.165) is 11.3 Å². The van der Waals surface area contributed by atoms with Crippen molar-refractivity contribution in [2.75, 3.05) is 20.2 Å². The highest BCUT2D eigenvalue weighted by Crippen LogP contribution is 2.09. The van der Waals surface area contributed by atoms with Crippen LogP contribution in [0.15, 0.2) is 24.3 Å². The van der Waals surface area contributed by atoms with Crippen molar-refractivity contribution in [2.24, 2.45) is 0 Å². The molecule has 1 rings (SSSR count). The lowest BCUT2D eigenvalue weighted by Gasteiger charge is -2.00. The van der Waals surface area contributed by atoms with E-state index in [9.17, 15) is 4.79 Å². The minimum absolute atomic E-state index is 0.198. The number of ether oxygens (including phenoxy) is 1. The predicted octanol–water partition coefficient (Wildman–Crippen LogP) is 1.37. The molecule has 4 nitrogen and oxygen atoms in total. The van der Waals surface area contributed by atoms with Crippen LogP contribution in [0.5, 0.6) is 5.75 Å². The van der Waals surface area contributed by atoms with Crippen LogP contribution in [0, 0.1) is 11.8 Å². The van der Waals surface area contributed by atoms with Crippen LogP contribution in [0.4, 0.5) is 4.79 Å². The van der Waals surface area contributed by atoms with Gasteiger partial charge in [0.1, 0.15) is 5.75 Å². The zero-order valence-electron chi connectivity index (χ0n) is 10.0. The monoisotopic (exact) mass is 232 g/mol. The second kappa shape index (κ2) is 7.18. The lowest BCUT2D eigenvalue weighted by molar-refractivity contribution is 0.242. The molecule has 2 amide bonds. The molecular weight excluding hydrogens is 216 g/mol. The molecule has 17 heavy (non-hydrogen) atoms. The van der Waals surface area contributed by atoms with Crippen molar-refractivity contribution in [3.05, 3.63) is 29.8 Å². The normalized spacial score (nSPS) is 8.82. The Morgan fingerprint density at radius 2 is 2.00 bits per heavy atom. The third kappa shape index (κ3) is 4.94. The number of amides is 2. The van der Waals surface area contributed by atoms with E-state index >= 15 is 0 Å². The van der Waals surface area contributed by atoms with E-state index in [-0.39, 0.29) is 6.03 Å². The van der Waals surface area contributed by atoms with Gasteiger partial charge in [-0.05, 0) is 31.2 Å². The summed E-state index contributed by atoms with van der Waals surface area (Å²) in [7, 11) is 1.62. The third-order valence-electron chi connectivity index (χ3n) is 2.00. The van der Waals surface area contributed by atoms with Crippen LogP contribution < -0.4 is 15.4 Å². The van der Waals surface area contributed by atoms with Crippen molar-refractivity contribution in [3.63, 3.8) is 0 Å². The Kier molecular flexibility index (Phi) is 5.45. The highest BCUT2D eigenvalue weighted by molar-refractivity contribution is 5.74. The van der Waals surface area contributed by atoms with Crippen molar-refractivity contribution in [2.45, 2.75) is 6.92 Å². The summed E-state index contributed by atoms with van der Waals surface area (Å²) in [4.78, 5) is 11.0. The average molecular weight is 232 g/mol. The number of hydrogen-bond donors (Lipinski definition) is 2. The maximum atomic E-state index is 11.0. The minimum Gasteiger partial charge on any atom is -0.497 e. The number of benzene rings is 1. The molecule has 0 aliphatic rings. The largest absolute Gasteiger partial charge is 0.497 e. The molecule has 1 aromatic carbocycles. The van der Waals surface area contributed by atoms with Gasteiger partial charge in [0.15, 0.2) is 0 Å². The molecule has 0 bridgehead atoms. The summed E-state index contributed by atoms with van der Waals surface area (Å²) in [5.41, 5.74) is 0.892. The molecule has 0 heterocycles. The lowest BCUT2D eigenvalue weighted by Crippen LogP contribution is -2.35. The van der Waals surface area contributed by atoms with Crippen molar-refractivity contribution in [1.29, 1.82) is 0 Å². The van der Waals surface area contributed by atoms with Gasteiger partial charge in [-0.25, -0.2) is 4.79 Å². The van der Waals surface area contributed by atoms with E-state index < -0.39 is 0 Å². The second-order valence-electron chi connectivity index (χ2n) is 3.24. The molecule has 90 valence electrons. The molecule has 0 spiro atoms. The first-order valence-corrected chi connectivity index (χ1v) is 5.41. The third-order valence-corrected chi connectivity index (χ3v) is 2.00. The zero-order chi connectivity index (χ0) is 12.5. The first kappa shape index (κ1) is 12.9. The summed E-state index contributed by atoms with van der Waals surface area (Å²) in [6, 6.07) is 7.25. The van der Waals surface area contributed by atoms with E-state index in [2.05, 4.69) is 22.5 Å². The maximum absolute atomic E-state index is 11.0. The number of rotatable bonds is 3. The molecule has 1 aromatic rings. The smallest absolute Gasteiger partial charge is 0.315 e. The first-order valence-electron chi connectivity index (χ1n) is 5.41. The van der Waals surface area contributed by atoms with Gasteiger partial charge in [0, 0.05) is 12.1 Å². The van der Waals surface area contributed by atoms with Crippen molar-refractivity contribution >= 4 is 6.03 Å². The molecule has 0 saturated heterocycles. The number of carbonyl (C=O) groups is 1. The molecule has 4 heteroatoms. The topological polar surface area (TPSA) is 50.4 Å². The summed E-state index contributed by atoms with van der Waals surface area (Å²) >= 11 is 0. The van der Waals surface area contributed by atoms with Crippen LogP contribution in [0.25, 0.3) is 0 Å². The maximum Gasteiger partial charge on any atom is 0.315 e. The zero-order valence-corrected chi connectivity index (χ0v) is 10.0. The van der Waals surface area contributed by atoms with Gasteiger partial charge in [0.05, 0.1) is 13.7 Å². The van der Waals surface area contributed by atoms with Crippen LogP contribution in [-0.2, 0) is 0 Å². The Morgan fingerprint density at radius 3 is 2.59 bits per heavy atom. The molecule has 0 aromatic heterocycles. The Hall–Kier alpha value is -2.15. The van der Waals surface area contributed by atoms with Crippen LogP contribution >= 0.6 is 0 Å². The Bertz CT molecular complexity index is 415. The van der Waals surface area contributed by atoms with Gasteiger partial charge in [0.25, 0.3) is 0 Å². The van der Waals surface area contributed by atoms with Crippen molar-refractivity contribution in [3.8, 4) is 17.6 Å². The van der Waals surface area contributed by atoms with E-state index in [1.54, 1.807) is 7.11 Å². The standard InChI is InChI=1S/C13H16N2O2/c1-3-14-13(16)15-10-4-5-11-6-8-12(17-2)9-7-11/h6-9H,3,10H2,1-2H3,(H2,14,15,16). The fourth-order valence-corrected chi connectivity index (χ4v) is 1.17. The number of nitrogens with one attached hydrogen (secondary N) is 2. The fraction of sp³-hybridized carbons (Fsp3) is 0.308. The van der Waals surface area contributed by atoms with Crippen molar-refractivity contribution < 1.29 is 9.53 Å². The van der Waals surface area contributed by atoms with Gasteiger partial charge in [-0.1, -0.05) is 11.8 Å². The number of urea groups is 1. The summed E-state index contributed by atoms with van der Waals surface area (Å²) < 4.78 is 5.04. The van der Waals surface area contributed by atoms with Gasteiger partial charge >= 0.3 is 6.03 Å². The summed E-state index contributed by atoms with van der Waals surface area (Å²) in [6.07, 6.45) is 0. The van der Waals surface area contributed by atoms with Gasteiger partial charge in [0.2, 0.25) is 0 Å². The van der Waals surface area contributed by atoms with E-state index in [1.165, 1.54) is 0 Å². The summed E-state index contributed by atoms with van der Waals surface area (Å²) in [5, 5.41) is 5.25. The average Bonchev–Trinajstić information content (AvgIpc) is 2.36. The number of methoxy groups -OCH3 is 1. The van der Waals surface area contributed by atoms with Crippen LogP contribution in [0.2, 0.25) is 0 Å². The SMILES string of the molecule is CCNC(=O)NCC#Cc1ccc(OC)cc1. The summed E-state index contributed by atoms with van der Waals surface area (Å²) in [5.74, 6) is 6.61. The molecule has 0 aliphatic heterocycles. The quantitative estimate of drug-likeness (QED) is 0.773. The molecule has 0 atom stereocenters. The highest BCUT2D eigenvalue weighted by Gasteiger charge is 1.93. The van der Waals surface area contributed by atoms with E-state index in [1.807, 2.05) is 31.2 Å². The highest BCUT2D eigenvalue weighted by atomic mass is 16.5. The molecular formula is C13H16N2O2. The first-order chi connectivity index (χ1) is 8.26. The molecule has 2 N–H and O–H groups in total. The fourth-order valence-electron chi connectivity index (χ4n) is 1.17. The molecule has 0 fully saturated rings.